The van der Waals surface area contributed by atoms with Crippen LogP contribution < -0.4 is 15.6 Å². The number of primary amides is 1. The van der Waals surface area contributed by atoms with Crippen molar-refractivity contribution in [2.75, 3.05) is 0 Å². The Morgan fingerprint density at radius 1 is 1.17 bits per heavy atom. The fourth-order valence-electron chi connectivity index (χ4n) is 2.10. The van der Waals surface area contributed by atoms with Crippen LogP contribution in [0.3, 0.4) is 0 Å². The lowest BCUT2D eigenvalue weighted by molar-refractivity contribution is 0.0998. The Bertz CT molecular complexity index is 1010. The van der Waals surface area contributed by atoms with Gasteiger partial charge < -0.3 is 15.5 Å². The Morgan fingerprint density at radius 2 is 1.91 bits per heavy atom. The van der Waals surface area contributed by atoms with Crippen molar-refractivity contribution in [1.82, 2.24) is 9.97 Å². The lowest BCUT2D eigenvalue weighted by Crippen LogP contribution is -2.16. The monoisotopic (exact) mass is 332 g/mol. The molecule has 1 amide bonds. The Hall–Kier alpha value is -2.91. The number of carbonyl (C=O) groups excluding carboxylic acids is 1. The van der Waals surface area contributed by atoms with Gasteiger partial charge in [-0.3, -0.25) is 4.79 Å². The van der Waals surface area contributed by atoms with Gasteiger partial charge in [0.05, 0.1) is 5.56 Å². The maximum atomic E-state index is 11.8. The van der Waals surface area contributed by atoms with Crippen LogP contribution in [0.15, 0.2) is 47.6 Å². The molecule has 3 aromatic rings. The number of benzene rings is 1. The van der Waals surface area contributed by atoms with E-state index in [-0.39, 0.29) is 17.1 Å². The summed E-state index contributed by atoms with van der Waals surface area (Å²) in [4.78, 5) is 18.2. The molecule has 0 unspecified atom stereocenters. The highest BCUT2D eigenvalue weighted by Crippen LogP contribution is 2.31. The normalized spacial score (nSPS) is 11.5. The van der Waals surface area contributed by atoms with Gasteiger partial charge in [-0.1, -0.05) is 12.1 Å². The van der Waals surface area contributed by atoms with Crippen LogP contribution in [-0.2, 0) is 10.0 Å². The highest BCUT2D eigenvalue weighted by molar-refractivity contribution is 7.89. The first-order chi connectivity index (χ1) is 10.9. The van der Waals surface area contributed by atoms with Crippen molar-refractivity contribution in [1.29, 1.82) is 0 Å². The van der Waals surface area contributed by atoms with Gasteiger partial charge in [-0.25, -0.2) is 18.5 Å². The van der Waals surface area contributed by atoms with Gasteiger partial charge in [0.1, 0.15) is 11.4 Å². The molecule has 8 nitrogen and oxygen atoms in total. The zero-order valence-electron chi connectivity index (χ0n) is 11.7. The van der Waals surface area contributed by atoms with Crippen molar-refractivity contribution in [3.63, 3.8) is 0 Å². The zero-order valence-corrected chi connectivity index (χ0v) is 12.5. The van der Waals surface area contributed by atoms with Crippen LogP contribution in [0.5, 0.6) is 11.5 Å². The van der Waals surface area contributed by atoms with Crippen LogP contribution in [0.2, 0.25) is 0 Å². The number of fused-ring (bicyclic) bond motifs is 1. The number of hydrogen-bond donors (Lipinski definition) is 3. The first-order valence-corrected chi connectivity index (χ1v) is 7.98. The molecular weight excluding hydrogens is 320 g/mol. The molecule has 9 heteroatoms. The van der Waals surface area contributed by atoms with Crippen LogP contribution >= 0.6 is 0 Å². The topological polar surface area (TPSA) is 141 Å². The van der Waals surface area contributed by atoms with Gasteiger partial charge in [-0.2, -0.15) is 0 Å². The first kappa shape index (κ1) is 15.0. The van der Waals surface area contributed by atoms with E-state index in [9.17, 15) is 13.2 Å². The second kappa shape index (κ2) is 5.38. The van der Waals surface area contributed by atoms with E-state index in [0.29, 0.717) is 11.0 Å². The van der Waals surface area contributed by atoms with Crippen LogP contribution in [-0.4, -0.2) is 24.3 Å². The summed E-state index contributed by atoms with van der Waals surface area (Å²) in [5, 5.41) is 5.38. The van der Waals surface area contributed by atoms with Gasteiger partial charge >= 0.3 is 0 Å². The van der Waals surface area contributed by atoms with Crippen LogP contribution in [0.25, 0.3) is 11.0 Å². The fourth-order valence-corrected chi connectivity index (χ4v) is 2.70. The molecule has 0 aliphatic rings. The summed E-state index contributed by atoms with van der Waals surface area (Å²) >= 11 is 0. The molecule has 0 radical (unpaired) electrons. The predicted octanol–water partition coefficient (Wildman–Crippen LogP) is 1.10. The molecule has 5 N–H and O–H groups in total. The summed E-state index contributed by atoms with van der Waals surface area (Å²) in [5.74, 6) is -0.677. The minimum atomic E-state index is -4.13. The molecule has 0 spiro atoms. The van der Waals surface area contributed by atoms with Crippen molar-refractivity contribution in [3.05, 3.63) is 48.2 Å². The number of primary sulfonamides is 1. The molecule has 0 aliphatic heterocycles. The molecule has 23 heavy (non-hydrogen) atoms. The average Bonchev–Trinajstić information content (AvgIpc) is 2.93. The van der Waals surface area contributed by atoms with E-state index in [1.54, 1.807) is 24.4 Å². The summed E-state index contributed by atoms with van der Waals surface area (Å²) in [7, 11) is -4.13. The Balaban J connectivity index is 2.18. The number of aromatic nitrogens is 2. The van der Waals surface area contributed by atoms with Crippen molar-refractivity contribution < 1.29 is 17.9 Å². The summed E-state index contributed by atoms with van der Waals surface area (Å²) in [6.07, 6.45) is 1.60. The van der Waals surface area contributed by atoms with E-state index in [1.807, 2.05) is 0 Å². The number of sulfonamides is 1. The quantitative estimate of drug-likeness (QED) is 0.656. The van der Waals surface area contributed by atoms with Crippen molar-refractivity contribution >= 4 is 27.0 Å². The maximum absolute atomic E-state index is 11.8. The average molecular weight is 332 g/mol. The number of ether oxygens (including phenoxy) is 1. The highest BCUT2D eigenvalue weighted by atomic mass is 32.2. The molecule has 0 aliphatic carbocycles. The summed E-state index contributed by atoms with van der Waals surface area (Å²) in [5.41, 5.74) is 5.75. The van der Waals surface area contributed by atoms with E-state index in [4.69, 9.17) is 15.6 Å². The van der Waals surface area contributed by atoms with Crippen LogP contribution in [0, 0.1) is 0 Å². The molecule has 0 bridgehead atoms. The standard InChI is InChI=1S/C14H12N4O4S/c15-12(19)9-3-1-2-4-10(9)22-11-7-8-5-6-17-13(8)18-14(11)23(16,20)21/h1-7H,(H2,15,19)(H,17,18)(H2,16,20,21). The van der Waals surface area contributed by atoms with Crippen molar-refractivity contribution in [3.8, 4) is 11.5 Å². The molecule has 3 rings (SSSR count). The number of carbonyl (C=O) groups is 1. The third-order valence-electron chi connectivity index (χ3n) is 3.11. The number of nitrogens with one attached hydrogen (secondary N) is 1. The highest BCUT2D eigenvalue weighted by Gasteiger charge is 2.21. The number of para-hydroxylation sites is 1. The summed E-state index contributed by atoms with van der Waals surface area (Å²) in [6, 6.07) is 9.37. The summed E-state index contributed by atoms with van der Waals surface area (Å²) in [6.45, 7) is 0. The Labute approximate surface area is 131 Å². The number of hydrogen-bond acceptors (Lipinski definition) is 5. The number of pyridine rings is 1. The van der Waals surface area contributed by atoms with Gasteiger partial charge in [0, 0.05) is 11.6 Å². The maximum Gasteiger partial charge on any atom is 0.259 e. The van der Waals surface area contributed by atoms with Gasteiger partial charge in [-0.05, 0) is 24.3 Å². The van der Waals surface area contributed by atoms with E-state index in [0.717, 1.165) is 0 Å². The van der Waals surface area contributed by atoms with Gasteiger partial charge in [0.25, 0.3) is 15.9 Å². The molecule has 2 heterocycles. The lowest BCUT2D eigenvalue weighted by atomic mass is 10.2. The number of H-pyrrole nitrogens is 1. The molecule has 2 aromatic heterocycles. The Morgan fingerprint density at radius 3 is 2.61 bits per heavy atom. The molecular formula is C14H12N4O4S. The molecule has 0 saturated carbocycles. The lowest BCUT2D eigenvalue weighted by Gasteiger charge is -2.11. The predicted molar refractivity (Wildman–Crippen MR) is 82.5 cm³/mol. The van der Waals surface area contributed by atoms with E-state index >= 15 is 0 Å². The largest absolute Gasteiger partial charge is 0.453 e. The number of nitrogens with zero attached hydrogens (tertiary/aromatic N) is 1. The molecule has 0 atom stereocenters. The minimum absolute atomic E-state index is 0.0895. The van der Waals surface area contributed by atoms with Crippen LogP contribution in [0.4, 0.5) is 0 Å². The van der Waals surface area contributed by atoms with Crippen LogP contribution in [0.1, 0.15) is 10.4 Å². The van der Waals surface area contributed by atoms with Gasteiger partial charge in [-0.15, -0.1) is 0 Å². The number of nitrogens with two attached hydrogens (primary N) is 2. The molecule has 1 aromatic carbocycles. The number of aromatic amines is 1. The zero-order chi connectivity index (χ0) is 16.6. The SMILES string of the molecule is NC(=O)c1ccccc1Oc1cc2cc[nH]c2nc1S(N)(=O)=O. The van der Waals surface area contributed by atoms with E-state index in [2.05, 4.69) is 9.97 Å². The number of rotatable bonds is 4. The smallest absolute Gasteiger partial charge is 0.259 e. The van der Waals surface area contributed by atoms with Crippen molar-refractivity contribution in [2.45, 2.75) is 5.03 Å². The van der Waals surface area contributed by atoms with Crippen molar-refractivity contribution in [2.24, 2.45) is 10.9 Å². The second-order valence-corrected chi connectivity index (χ2v) is 6.19. The third kappa shape index (κ3) is 2.87. The summed E-state index contributed by atoms with van der Waals surface area (Å²) < 4.78 is 29.1. The first-order valence-electron chi connectivity index (χ1n) is 6.44. The Kier molecular flexibility index (Phi) is 3.51. The van der Waals surface area contributed by atoms with Gasteiger partial charge in [0.2, 0.25) is 5.03 Å². The van der Waals surface area contributed by atoms with E-state index < -0.39 is 21.0 Å². The minimum Gasteiger partial charge on any atom is -0.453 e. The van der Waals surface area contributed by atoms with Gasteiger partial charge in [0.15, 0.2) is 5.75 Å². The molecule has 0 fully saturated rings. The molecule has 118 valence electrons. The fraction of sp³-hybridized carbons (Fsp3) is 0. The second-order valence-electron chi connectivity index (χ2n) is 4.71. The third-order valence-corrected chi connectivity index (χ3v) is 3.94. The molecule has 0 saturated heterocycles. The number of amides is 1. The van der Waals surface area contributed by atoms with E-state index in [1.165, 1.54) is 18.2 Å².